The Kier molecular flexibility index (Phi) is 6.47. The van der Waals surface area contributed by atoms with Crippen LogP contribution in [0.1, 0.15) is 11.1 Å². The monoisotopic (exact) mass is 472 g/mol. The van der Waals surface area contributed by atoms with Gasteiger partial charge in [-0.15, -0.1) is 0 Å². The Hall–Kier alpha value is -4.68. The van der Waals surface area contributed by atoms with Gasteiger partial charge in [0.1, 0.15) is 0 Å². The molecule has 6 aromatic rings. The lowest BCUT2D eigenvalue weighted by Crippen LogP contribution is -2.01. The third-order valence-corrected chi connectivity index (χ3v) is 6.92. The first-order valence-electron chi connectivity index (χ1n) is 12.8. The Balaban J connectivity index is 1.77. The molecule has 0 nitrogen and oxygen atoms in total. The zero-order valence-corrected chi connectivity index (χ0v) is 20.7. The van der Waals surface area contributed by atoms with Gasteiger partial charge in [0.2, 0.25) is 0 Å². The Morgan fingerprint density at radius 1 is 0.324 bits per heavy atom. The fourth-order valence-electron chi connectivity index (χ4n) is 5.27. The molecule has 0 atom stereocenters. The van der Waals surface area contributed by atoms with Crippen LogP contribution in [0.5, 0.6) is 0 Å². The maximum Gasteiger partial charge on any atom is -0.00177 e. The van der Waals surface area contributed by atoms with E-state index in [2.05, 4.69) is 158 Å². The molecule has 0 spiro atoms. The molecule has 37 heavy (non-hydrogen) atoms. The van der Waals surface area contributed by atoms with Crippen molar-refractivity contribution < 1.29 is 0 Å². The van der Waals surface area contributed by atoms with Crippen molar-refractivity contribution in [2.45, 2.75) is 6.42 Å². The number of hydrogen-bond donors (Lipinski definition) is 0. The van der Waals surface area contributed by atoms with Gasteiger partial charge in [0.25, 0.3) is 0 Å². The lowest BCUT2D eigenvalue weighted by atomic mass is 9.79. The Labute approximate surface area is 219 Å². The molecular weight excluding hydrogens is 444 g/mol. The summed E-state index contributed by atoms with van der Waals surface area (Å²) in [5, 5.41) is 0. The normalized spacial score (nSPS) is 10.8. The van der Waals surface area contributed by atoms with Crippen LogP contribution in [0, 0.1) is 0 Å². The summed E-state index contributed by atoms with van der Waals surface area (Å²) in [5.74, 6) is 0. The topological polar surface area (TPSA) is 0 Å². The highest BCUT2D eigenvalue weighted by atomic mass is 14.3. The maximum atomic E-state index is 2.43. The molecule has 0 N–H and O–H groups in total. The maximum absolute atomic E-state index is 2.43. The van der Waals surface area contributed by atoms with Crippen LogP contribution in [0.2, 0.25) is 0 Å². The molecule has 0 aliphatic carbocycles. The molecular formula is C37H28. The smallest absolute Gasteiger partial charge is 0.00177 e. The summed E-state index contributed by atoms with van der Waals surface area (Å²) in [6.07, 6.45) is 0.861. The van der Waals surface area contributed by atoms with Gasteiger partial charge in [-0.1, -0.05) is 152 Å². The minimum Gasteiger partial charge on any atom is -0.0622 e. The quantitative estimate of drug-likeness (QED) is 0.226. The van der Waals surface area contributed by atoms with E-state index in [1.165, 1.54) is 55.6 Å². The third-order valence-electron chi connectivity index (χ3n) is 6.92. The summed E-state index contributed by atoms with van der Waals surface area (Å²) in [7, 11) is 0. The van der Waals surface area contributed by atoms with Crippen LogP contribution < -0.4 is 0 Å². The van der Waals surface area contributed by atoms with Crippen molar-refractivity contribution in [3.63, 3.8) is 0 Å². The van der Waals surface area contributed by atoms with Gasteiger partial charge >= 0.3 is 0 Å². The molecule has 0 bridgehead atoms. The molecule has 0 fully saturated rings. The van der Waals surface area contributed by atoms with E-state index >= 15 is 0 Å². The number of benzene rings is 6. The minimum absolute atomic E-state index is 0.861. The predicted molar refractivity (Wildman–Crippen MR) is 157 cm³/mol. The first kappa shape index (κ1) is 22.8. The fraction of sp³-hybridized carbons (Fsp3) is 0.0270. The molecule has 0 aromatic heterocycles. The van der Waals surface area contributed by atoms with Crippen LogP contribution in [0.3, 0.4) is 0 Å². The molecule has 0 unspecified atom stereocenters. The first-order valence-corrected chi connectivity index (χ1v) is 12.8. The van der Waals surface area contributed by atoms with Gasteiger partial charge in [-0.05, 0) is 68.1 Å². The molecule has 0 aliphatic heterocycles. The van der Waals surface area contributed by atoms with Crippen molar-refractivity contribution in [1.82, 2.24) is 0 Å². The van der Waals surface area contributed by atoms with E-state index in [1.807, 2.05) is 0 Å². The van der Waals surface area contributed by atoms with E-state index in [1.54, 1.807) is 0 Å². The van der Waals surface area contributed by atoms with Gasteiger partial charge in [-0.3, -0.25) is 0 Å². The Morgan fingerprint density at radius 3 is 1.19 bits per heavy atom. The van der Waals surface area contributed by atoms with E-state index in [0.717, 1.165) is 6.42 Å². The molecule has 6 rings (SSSR count). The van der Waals surface area contributed by atoms with Gasteiger partial charge < -0.3 is 0 Å². The van der Waals surface area contributed by atoms with Crippen molar-refractivity contribution in [3.05, 3.63) is 169 Å². The second-order valence-corrected chi connectivity index (χ2v) is 9.33. The Bertz CT molecular complexity index is 1590. The minimum atomic E-state index is 0.861. The zero-order valence-electron chi connectivity index (χ0n) is 20.7. The first-order chi connectivity index (χ1) is 18.4. The standard InChI is InChI=1S/C37H28/c1-6-16-28(17-7-1)26-33-27-34(29-18-8-2-9-19-29)36(31-22-12-4-13-23-31)37(32-24-14-5-15-25-32)35(33)30-20-10-3-11-21-30/h1-25,27H,26H2. The lowest BCUT2D eigenvalue weighted by molar-refractivity contribution is 1.20. The van der Waals surface area contributed by atoms with Gasteiger partial charge in [0.15, 0.2) is 0 Å². The van der Waals surface area contributed by atoms with Crippen molar-refractivity contribution >= 4 is 0 Å². The Morgan fingerprint density at radius 2 is 0.703 bits per heavy atom. The SMILES string of the molecule is c1ccc(Cc2cc(-c3ccccc3)c(-c3ccccc3)c(-c3ccccc3)c2-c2ccccc2)cc1. The molecule has 0 saturated carbocycles. The van der Waals surface area contributed by atoms with Gasteiger partial charge in [-0.25, -0.2) is 0 Å². The largest absolute Gasteiger partial charge is 0.0622 e. The second-order valence-electron chi connectivity index (χ2n) is 9.33. The van der Waals surface area contributed by atoms with Crippen molar-refractivity contribution in [2.75, 3.05) is 0 Å². The molecule has 6 aromatic carbocycles. The van der Waals surface area contributed by atoms with Crippen molar-refractivity contribution in [2.24, 2.45) is 0 Å². The van der Waals surface area contributed by atoms with Crippen molar-refractivity contribution in [1.29, 1.82) is 0 Å². The number of hydrogen-bond acceptors (Lipinski definition) is 0. The highest BCUT2D eigenvalue weighted by Gasteiger charge is 2.22. The van der Waals surface area contributed by atoms with Crippen LogP contribution >= 0.6 is 0 Å². The average Bonchev–Trinajstić information content (AvgIpc) is 2.99. The third kappa shape index (κ3) is 4.75. The second kappa shape index (κ2) is 10.5. The molecule has 0 heteroatoms. The summed E-state index contributed by atoms with van der Waals surface area (Å²) < 4.78 is 0. The highest BCUT2D eigenvalue weighted by molar-refractivity contribution is 6.03. The number of rotatable bonds is 6. The van der Waals surface area contributed by atoms with Crippen LogP contribution in [-0.4, -0.2) is 0 Å². The van der Waals surface area contributed by atoms with Crippen molar-refractivity contribution in [3.8, 4) is 44.5 Å². The summed E-state index contributed by atoms with van der Waals surface area (Å²) in [6, 6.07) is 56.6. The fourth-order valence-corrected chi connectivity index (χ4v) is 5.27. The average molecular weight is 473 g/mol. The zero-order chi connectivity index (χ0) is 24.9. The summed E-state index contributed by atoms with van der Waals surface area (Å²) in [6.45, 7) is 0. The summed E-state index contributed by atoms with van der Waals surface area (Å²) in [5.41, 5.74) is 12.7. The van der Waals surface area contributed by atoms with E-state index in [4.69, 9.17) is 0 Å². The van der Waals surface area contributed by atoms with Crippen LogP contribution in [0.4, 0.5) is 0 Å². The molecule has 176 valence electrons. The molecule has 0 amide bonds. The summed E-state index contributed by atoms with van der Waals surface area (Å²) in [4.78, 5) is 0. The molecule has 0 saturated heterocycles. The molecule has 0 aliphatic rings. The van der Waals surface area contributed by atoms with E-state index in [-0.39, 0.29) is 0 Å². The highest BCUT2D eigenvalue weighted by Crippen LogP contribution is 2.47. The lowest BCUT2D eigenvalue weighted by Gasteiger charge is -2.24. The predicted octanol–water partition coefficient (Wildman–Crippen LogP) is 9.95. The van der Waals surface area contributed by atoms with E-state index in [9.17, 15) is 0 Å². The van der Waals surface area contributed by atoms with Crippen LogP contribution in [0.25, 0.3) is 44.5 Å². The van der Waals surface area contributed by atoms with E-state index in [0.29, 0.717) is 0 Å². The van der Waals surface area contributed by atoms with E-state index < -0.39 is 0 Å². The molecule has 0 radical (unpaired) electrons. The molecule has 0 heterocycles. The van der Waals surface area contributed by atoms with Gasteiger partial charge in [-0.2, -0.15) is 0 Å². The summed E-state index contributed by atoms with van der Waals surface area (Å²) >= 11 is 0. The van der Waals surface area contributed by atoms with Crippen LogP contribution in [0.15, 0.2) is 158 Å². The van der Waals surface area contributed by atoms with Gasteiger partial charge in [0, 0.05) is 0 Å². The van der Waals surface area contributed by atoms with Gasteiger partial charge in [0.05, 0.1) is 0 Å². The van der Waals surface area contributed by atoms with Crippen LogP contribution in [-0.2, 0) is 6.42 Å².